The van der Waals surface area contributed by atoms with Crippen LogP contribution in [0.25, 0.3) is 0 Å². The van der Waals surface area contributed by atoms with Gasteiger partial charge in [0.05, 0.1) is 6.04 Å². The Morgan fingerprint density at radius 3 is 2.61 bits per heavy atom. The van der Waals surface area contributed by atoms with Crippen LogP contribution >= 0.6 is 0 Å². The molecule has 0 fully saturated rings. The van der Waals surface area contributed by atoms with Crippen molar-refractivity contribution in [2.45, 2.75) is 25.8 Å². The highest BCUT2D eigenvalue weighted by Gasteiger charge is 2.15. The highest BCUT2D eigenvalue weighted by atomic mass is 16.3. The molecule has 0 saturated carbocycles. The van der Waals surface area contributed by atoms with E-state index in [-0.39, 0.29) is 17.7 Å². The molecule has 1 aromatic carbocycles. The first kappa shape index (κ1) is 14.5. The zero-order valence-electron chi connectivity index (χ0n) is 11.3. The van der Waals surface area contributed by atoms with E-state index in [0.717, 1.165) is 18.5 Å². The van der Waals surface area contributed by atoms with E-state index in [0.29, 0.717) is 6.42 Å². The Balaban J connectivity index is 2.62. The lowest BCUT2D eigenvalue weighted by atomic mass is 10.0. The van der Waals surface area contributed by atoms with Gasteiger partial charge in [-0.15, -0.1) is 0 Å². The summed E-state index contributed by atoms with van der Waals surface area (Å²) in [5, 5.41) is 12.7. The summed E-state index contributed by atoms with van der Waals surface area (Å²) in [6, 6.07) is 7.00. The maximum Gasteiger partial charge on any atom is 0.221 e. The summed E-state index contributed by atoms with van der Waals surface area (Å²) in [6.45, 7) is 2.71. The van der Waals surface area contributed by atoms with Gasteiger partial charge in [0, 0.05) is 18.5 Å². The molecule has 1 amide bonds. The summed E-state index contributed by atoms with van der Waals surface area (Å²) in [6.07, 6.45) is 1.22. The zero-order valence-corrected chi connectivity index (χ0v) is 11.3. The summed E-state index contributed by atoms with van der Waals surface area (Å²) < 4.78 is 0. The van der Waals surface area contributed by atoms with Gasteiger partial charge in [0.25, 0.3) is 0 Å². The van der Waals surface area contributed by atoms with Gasteiger partial charge in [0.1, 0.15) is 5.75 Å². The Bertz CT molecular complexity index is 391. The Labute approximate surface area is 109 Å². The van der Waals surface area contributed by atoms with Crippen molar-refractivity contribution in [1.82, 2.24) is 10.2 Å². The summed E-state index contributed by atoms with van der Waals surface area (Å²) in [4.78, 5) is 13.8. The molecule has 1 aromatic rings. The van der Waals surface area contributed by atoms with Crippen molar-refractivity contribution >= 4 is 5.91 Å². The molecule has 1 rings (SSSR count). The number of aromatic hydroxyl groups is 1. The molecule has 2 N–H and O–H groups in total. The Morgan fingerprint density at radius 1 is 1.39 bits per heavy atom. The number of hydrogen-bond donors (Lipinski definition) is 2. The number of nitrogens with one attached hydrogen (secondary N) is 1. The van der Waals surface area contributed by atoms with Crippen LogP contribution in [0.1, 0.15) is 31.4 Å². The van der Waals surface area contributed by atoms with Crippen LogP contribution in [0.2, 0.25) is 0 Å². The van der Waals surface area contributed by atoms with E-state index in [2.05, 4.69) is 5.32 Å². The number of carbonyl (C=O) groups excluding carboxylic acids is 1. The molecule has 4 heteroatoms. The van der Waals surface area contributed by atoms with Crippen molar-refractivity contribution in [3.05, 3.63) is 29.8 Å². The number of para-hydroxylation sites is 1. The second kappa shape index (κ2) is 7.01. The average molecular weight is 250 g/mol. The van der Waals surface area contributed by atoms with E-state index in [1.54, 1.807) is 12.1 Å². The fraction of sp³-hybridized carbons (Fsp3) is 0.500. The molecule has 0 radical (unpaired) electrons. The fourth-order valence-electron chi connectivity index (χ4n) is 1.77. The lowest BCUT2D eigenvalue weighted by molar-refractivity contribution is -0.122. The van der Waals surface area contributed by atoms with Gasteiger partial charge in [0.15, 0.2) is 0 Å². The van der Waals surface area contributed by atoms with Crippen LogP contribution in [0.4, 0.5) is 0 Å². The van der Waals surface area contributed by atoms with Gasteiger partial charge in [-0.3, -0.25) is 4.79 Å². The first-order chi connectivity index (χ1) is 8.54. The molecular formula is C14H22N2O2. The predicted octanol–water partition coefficient (Wildman–Crippen LogP) is 1.91. The molecule has 100 valence electrons. The molecular weight excluding hydrogens is 228 g/mol. The number of rotatable bonds is 6. The number of hydrogen-bond acceptors (Lipinski definition) is 3. The zero-order chi connectivity index (χ0) is 13.5. The second-order valence-corrected chi connectivity index (χ2v) is 4.64. The van der Waals surface area contributed by atoms with Crippen molar-refractivity contribution in [3.63, 3.8) is 0 Å². The van der Waals surface area contributed by atoms with Gasteiger partial charge in [-0.05, 0) is 26.6 Å². The molecule has 0 aliphatic heterocycles. The number of amides is 1. The Morgan fingerprint density at radius 2 is 2.06 bits per heavy atom. The van der Waals surface area contributed by atoms with Crippen LogP contribution in [0.15, 0.2) is 24.3 Å². The summed E-state index contributed by atoms with van der Waals surface area (Å²) in [7, 11) is 3.88. The minimum Gasteiger partial charge on any atom is -0.508 e. The molecule has 0 bridgehead atoms. The molecule has 0 unspecified atom stereocenters. The molecule has 0 saturated heterocycles. The van der Waals surface area contributed by atoms with Crippen molar-refractivity contribution < 1.29 is 9.90 Å². The first-order valence-electron chi connectivity index (χ1n) is 6.26. The minimum atomic E-state index is -0.124. The van der Waals surface area contributed by atoms with E-state index in [4.69, 9.17) is 0 Å². The lowest BCUT2D eigenvalue weighted by Crippen LogP contribution is -2.30. The fourth-order valence-corrected chi connectivity index (χ4v) is 1.77. The van der Waals surface area contributed by atoms with Crippen LogP contribution in [0.5, 0.6) is 5.75 Å². The van der Waals surface area contributed by atoms with E-state index in [1.165, 1.54) is 0 Å². The molecule has 0 aliphatic rings. The first-order valence-corrected chi connectivity index (χ1v) is 6.26. The number of benzene rings is 1. The smallest absolute Gasteiger partial charge is 0.221 e. The van der Waals surface area contributed by atoms with Crippen LogP contribution in [0, 0.1) is 0 Å². The molecule has 0 aromatic heterocycles. The number of phenolic OH excluding ortho intramolecular Hbond substituents is 1. The number of phenols is 1. The Kier molecular flexibility index (Phi) is 5.65. The van der Waals surface area contributed by atoms with Crippen molar-refractivity contribution in [3.8, 4) is 5.75 Å². The van der Waals surface area contributed by atoms with Gasteiger partial charge >= 0.3 is 0 Å². The molecule has 4 nitrogen and oxygen atoms in total. The molecule has 0 aliphatic carbocycles. The number of carbonyl (C=O) groups is 1. The third kappa shape index (κ3) is 4.37. The molecule has 18 heavy (non-hydrogen) atoms. The monoisotopic (exact) mass is 250 g/mol. The van der Waals surface area contributed by atoms with Gasteiger partial charge in [-0.1, -0.05) is 25.1 Å². The predicted molar refractivity (Wildman–Crippen MR) is 72.5 cm³/mol. The van der Waals surface area contributed by atoms with E-state index >= 15 is 0 Å². The normalized spacial score (nSPS) is 12.4. The average Bonchev–Trinajstić information content (AvgIpc) is 2.34. The summed E-state index contributed by atoms with van der Waals surface area (Å²) >= 11 is 0. The lowest BCUT2D eigenvalue weighted by Gasteiger charge is -2.19. The second-order valence-electron chi connectivity index (χ2n) is 4.64. The molecule has 0 spiro atoms. The van der Waals surface area contributed by atoms with Gasteiger partial charge in [0.2, 0.25) is 5.91 Å². The van der Waals surface area contributed by atoms with E-state index < -0.39 is 0 Å². The molecule has 1 atom stereocenters. The van der Waals surface area contributed by atoms with Crippen molar-refractivity contribution in [2.75, 3.05) is 20.6 Å². The quantitative estimate of drug-likeness (QED) is 0.811. The molecule has 0 heterocycles. The van der Waals surface area contributed by atoms with Crippen LogP contribution in [-0.4, -0.2) is 36.6 Å². The third-order valence-corrected chi connectivity index (χ3v) is 2.84. The highest BCUT2D eigenvalue weighted by molar-refractivity contribution is 5.76. The maximum absolute atomic E-state index is 11.8. The van der Waals surface area contributed by atoms with E-state index in [1.807, 2.05) is 38.1 Å². The van der Waals surface area contributed by atoms with Gasteiger partial charge < -0.3 is 15.3 Å². The largest absolute Gasteiger partial charge is 0.508 e. The maximum atomic E-state index is 11.8. The van der Waals surface area contributed by atoms with Crippen molar-refractivity contribution in [1.29, 1.82) is 0 Å². The van der Waals surface area contributed by atoms with Crippen LogP contribution in [0.3, 0.4) is 0 Å². The van der Waals surface area contributed by atoms with E-state index in [9.17, 15) is 9.90 Å². The minimum absolute atomic E-state index is 0.0128. The van der Waals surface area contributed by atoms with Crippen LogP contribution < -0.4 is 5.32 Å². The summed E-state index contributed by atoms with van der Waals surface area (Å²) in [5.74, 6) is 0.246. The third-order valence-electron chi connectivity index (χ3n) is 2.84. The topological polar surface area (TPSA) is 52.6 Å². The van der Waals surface area contributed by atoms with Gasteiger partial charge in [-0.25, -0.2) is 0 Å². The Hall–Kier alpha value is -1.55. The highest BCUT2D eigenvalue weighted by Crippen LogP contribution is 2.25. The standard InChI is InChI=1S/C14H22N2O2/c1-4-12(11-7-5-6-8-13(11)17)15-14(18)9-10-16(2)3/h5-8,12,17H,4,9-10H2,1-3H3,(H,15,18)/t12-/m0/s1. The number of nitrogens with zero attached hydrogens (tertiary/aromatic N) is 1. The van der Waals surface area contributed by atoms with Gasteiger partial charge in [-0.2, -0.15) is 0 Å². The SMILES string of the molecule is CC[C@H](NC(=O)CCN(C)C)c1ccccc1O. The van der Waals surface area contributed by atoms with Crippen LogP contribution in [-0.2, 0) is 4.79 Å². The summed E-state index contributed by atoms with van der Waals surface area (Å²) in [5.41, 5.74) is 0.776. The van der Waals surface area contributed by atoms with Crippen molar-refractivity contribution in [2.24, 2.45) is 0 Å².